The number of carbonyl (C=O) groups excluding carboxylic acids is 1. The van der Waals surface area contributed by atoms with E-state index < -0.39 is 0 Å². The third kappa shape index (κ3) is 3.54. The van der Waals surface area contributed by atoms with Crippen molar-refractivity contribution in [2.45, 2.75) is 32.4 Å². The summed E-state index contributed by atoms with van der Waals surface area (Å²) in [6.07, 6.45) is 2.04. The number of nitrogens with zero attached hydrogens (tertiary/aromatic N) is 3. The number of hydrogen-bond donors (Lipinski definition) is 1. The highest BCUT2D eigenvalue weighted by Crippen LogP contribution is 2.30. The molecule has 1 fully saturated rings. The van der Waals surface area contributed by atoms with E-state index in [0.717, 1.165) is 57.0 Å². The number of amides is 2. The number of aryl methyl sites for hydroxylation is 2. The molecule has 1 aromatic carbocycles. The molecule has 6 nitrogen and oxygen atoms in total. The number of hydrogen-bond acceptors (Lipinski definition) is 4. The summed E-state index contributed by atoms with van der Waals surface area (Å²) in [5.41, 5.74) is 3.59. The third-order valence-corrected chi connectivity index (χ3v) is 5.15. The zero-order chi connectivity index (χ0) is 17.2. The van der Waals surface area contributed by atoms with Gasteiger partial charge in [-0.25, -0.2) is 4.79 Å². The number of rotatable bonds is 3. The molecule has 132 valence electrons. The summed E-state index contributed by atoms with van der Waals surface area (Å²) < 4.78 is 5.12. The molecule has 2 heterocycles. The van der Waals surface area contributed by atoms with E-state index in [2.05, 4.69) is 33.6 Å². The molecule has 0 saturated carbocycles. The minimum atomic E-state index is 0.0543. The van der Waals surface area contributed by atoms with Gasteiger partial charge in [-0.15, -0.1) is 0 Å². The van der Waals surface area contributed by atoms with Crippen molar-refractivity contribution in [3.63, 3.8) is 0 Å². The van der Waals surface area contributed by atoms with Gasteiger partial charge in [-0.1, -0.05) is 29.4 Å². The fourth-order valence-corrected chi connectivity index (χ4v) is 3.78. The number of carbonyl (C=O) groups is 1. The van der Waals surface area contributed by atoms with E-state index in [9.17, 15) is 4.79 Å². The summed E-state index contributed by atoms with van der Waals surface area (Å²) in [6.45, 7) is 5.90. The van der Waals surface area contributed by atoms with Crippen molar-refractivity contribution in [3.05, 3.63) is 52.9 Å². The molecule has 1 saturated heterocycles. The van der Waals surface area contributed by atoms with E-state index in [1.165, 1.54) is 11.1 Å². The van der Waals surface area contributed by atoms with Crippen molar-refractivity contribution in [2.24, 2.45) is 0 Å². The molecule has 1 aliphatic carbocycles. The first-order chi connectivity index (χ1) is 12.2. The second-order valence-corrected chi connectivity index (χ2v) is 6.93. The number of piperazine rings is 1. The van der Waals surface area contributed by atoms with Gasteiger partial charge in [0.15, 0.2) is 0 Å². The normalized spacial score (nSPS) is 20.5. The van der Waals surface area contributed by atoms with Gasteiger partial charge in [-0.2, -0.15) is 0 Å². The molecule has 1 N–H and O–H groups in total. The van der Waals surface area contributed by atoms with Crippen LogP contribution in [0.4, 0.5) is 4.79 Å². The van der Waals surface area contributed by atoms with E-state index in [1.54, 1.807) is 0 Å². The maximum absolute atomic E-state index is 12.6. The molecular formula is C19H24N4O2. The summed E-state index contributed by atoms with van der Waals surface area (Å²) >= 11 is 0. The molecule has 2 aromatic rings. The Bertz CT molecular complexity index is 749. The van der Waals surface area contributed by atoms with E-state index in [1.807, 2.05) is 24.0 Å². The highest BCUT2D eigenvalue weighted by molar-refractivity contribution is 5.75. The van der Waals surface area contributed by atoms with Crippen LogP contribution in [-0.4, -0.2) is 47.2 Å². The van der Waals surface area contributed by atoms with Crippen molar-refractivity contribution in [2.75, 3.05) is 26.2 Å². The molecule has 6 heteroatoms. The Morgan fingerprint density at radius 2 is 2.08 bits per heavy atom. The van der Waals surface area contributed by atoms with E-state index >= 15 is 0 Å². The van der Waals surface area contributed by atoms with Gasteiger partial charge in [0.1, 0.15) is 5.76 Å². The van der Waals surface area contributed by atoms with Gasteiger partial charge in [0.2, 0.25) is 0 Å². The maximum Gasteiger partial charge on any atom is 0.317 e. The quantitative estimate of drug-likeness (QED) is 0.932. The van der Waals surface area contributed by atoms with Gasteiger partial charge in [-0.05, 0) is 30.9 Å². The predicted molar refractivity (Wildman–Crippen MR) is 94.1 cm³/mol. The Morgan fingerprint density at radius 3 is 2.84 bits per heavy atom. The summed E-state index contributed by atoms with van der Waals surface area (Å²) in [6, 6.07) is 10.6. The molecule has 1 aromatic heterocycles. The highest BCUT2D eigenvalue weighted by Gasteiger charge is 2.27. The predicted octanol–water partition coefficient (Wildman–Crippen LogP) is 2.50. The largest absolute Gasteiger partial charge is 0.361 e. The maximum atomic E-state index is 12.6. The number of fused-ring (bicyclic) bond motifs is 1. The Labute approximate surface area is 147 Å². The molecular weight excluding hydrogens is 316 g/mol. The van der Waals surface area contributed by atoms with Gasteiger partial charge in [0, 0.05) is 38.8 Å². The van der Waals surface area contributed by atoms with Crippen LogP contribution < -0.4 is 5.32 Å². The van der Waals surface area contributed by atoms with Crippen LogP contribution in [0.5, 0.6) is 0 Å². The van der Waals surface area contributed by atoms with Crippen LogP contribution in [0.25, 0.3) is 0 Å². The Kier molecular flexibility index (Phi) is 4.44. The molecule has 1 atom stereocenters. The number of benzene rings is 1. The second kappa shape index (κ2) is 6.88. The number of urea groups is 1. The van der Waals surface area contributed by atoms with Crippen LogP contribution in [-0.2, 0) is 13.0 Å². The zero-order valence-corrected chi connectivity index (χ0v) is 14.6. The van der Waals surface area contributed by atoms with Crippen LogP contribution in [0.2, 0.25) is 0 Å². The van der Waals surface area contributed by atoms with Crippen molar-refractivity contribution < 1.29 is 9.32 Å². The lowest BCUT2D eigenvalue weighted by Crippen LogP contribution is -2.51. The van der Waals surface area contributed by atoms with Crippen LogP contribution in [0.3, 0.4) is 0 Å². The smallest absolute Gasteiger partial charge is 0.317 e. The summed E-state index contributed by atoms with van der Waals surface area (Å²) in [7, 11) is 0. The lowest BCUT2D eigenvalue weighted by molar-refractivity contribution is 0.131. The molecule has 0 spiro atoms. The van der Waals surface area contributed by atoms with Gasteiger partial charge in [0.25, 0.3) is 0 Å². The van der Waals surface area contributed by atoms with Crippen LogP contribution in [0, 0.1) is 6.92 Å². The molecule has 1 aliphatic heterocycles. The van der Waals surface area contributed by atoms with E-state index in [4.69, 9.17) is 4.52 Å². The molecule has 4 rings (SSSR count). The van der Waals surface area contributed by atoms with Crippen molar-refractivity contribution in [3.8, 4) is 0 Å². The highest BCUT2D eigenvalue weighted by atomic mass is 16.5. The average molecular weight is 340 g/mol. The van der Waals surface area contributed by atoms with Crippen LogP contribution in [0.15, 0.2) is 34.9 Å². The monoisotopic (exact) mass is 340 g/mol. The van der Waals surface area contributed by atoms with E-state index in [-0.39, 0.29) is 12.1 Å². The standard InChI is InChI=1S/C19H24N4O2/c1-14-12-16(21-25-14)13-22-8-10-23(11-9-22)19(24)20-18-7-6-15-4-2-3-5-17(15)18/h2-5,12,18H,6-11,13H2,1H3,(H,20,24)/t18-/m1/s1. The second-order valence-electron chi connectivity index (χ2n) is 6.93. The number of nitrogens with one attached hydrogen (secondary N) is 1. The minimum Gasteiger partial charge on any atom is -0.361 e. The molecule has 2 aliphatic rings. The fraction of sp³-hybridized carbons (Fsp3) is 0.474. The minimum absolute atomic E-state index is 0.0543. The van der Waals surface area contributed by atoms with Gasteiger partial charge >= 0.3 is 6.03 Å². The summed E-state index contributed by atoms with van der Waals surface area (Å²) in [5.74, 6) is 0.838. The third-order valence-electron chi connectivity index (χ3n) is 5.15. The fourth-order valence-electron chi connectivity index (χ4n) is 3.78. The Hall–Kier alpha value is -2.34. The number of aromatic nitrogens is 1. The first-order valence-corrected chi connectivity index (χ1v) is 8.97. The average Bonchev–Trinajstić information content (AvgIpc) is 3.22. The molecule has 0 radical (unpaired) electrons. The Balaban J connectivity index is 1.28. The van der Waals surface area contributed by atoms with Crippen molar-refractivity contribution in [1.29, 1.82) is 0 Å². The Morgan fingerprint density at radius 1 is 1.28 bits per heavy atom. The first-order valence-electron chi connectivity index (χ1n) is 8.97. The lowest BCUT2D eigenvalue weighted by Gasteiger charge is -2.34. The van der Waals surface area contributed by atoms with Crippen molar-refractivity contribution in [1.82, 2.24) is 20.3 Å². The van der Waals surface area contributed by atoms with E-state index in [0.29, 0.717) is 0 Å². The molecule has 2 amide bonds. The topological polar surface area (TPSA) is 61.6 Å². The molecule has 25 heavy (non-hydrogen) atoms. The lowest BCUT2D eigenvalue weighted by atomic mass is 10.1. The summed E-state index contributed by atoms with van der Waals surface area (Å²) in [5, 5.41) is 7.26. The van der Waals surface area contributed by atoms with Gasteiger partial charge < -0.3 is 14.7 Å². The summed E-state index contributed by atoms with van der Waals surface area (Å²) in [4.78, 5) is 16.8. The van der Waals surface area contributed by atoms with Crippen LogP contribution in [0.1, 0.15) is 35.0 Å². The molecule has 0 bridgehead atoms. The van der Waals surface area contributed by atoms with Gasteiger partial charge in [0.05, 0.1) is 11.7 Å². The first kappa shape index (κ1) is 16.1. The SMILES string of the molecule is Cc1cc(CN2CCN(C(=O)N[C@@H]3CCc4ccccc43)CC2)no1. The molecule has 0 unspecified atom stereocenters. The van der Waals surface area contributed by atoms with Crippen molar-refractivity contribution >= 4 is 6.03 Å². The van der Waals surface area contributed by atoms with Gasteiger partial charge in [-0.3, -0.25) is 4.90 Å². The van der Waals surface area contributed by atoms with Crippen LogP contribution >= 0.6 is 0 Å². The zero-order valence-electron chi connectivity index (χ0n) is 14.6.